The zero-order valence-corrected chi connectivity index (χ0v) is 11.4. The number of rotatable bonds is 4. The van der Waals surface area contributed by atoms with Crippen molar-refractivity contribution in [1.82, 2.24) is 15.1 Å². The molecular formula is C13H20ClN3. The van der Waals surface area contributed by atoms with Crippen molar-refractivity contribution in [3.05, 3.63) is 23.0 Å². The maximum Gasteiger partial charge on any atom is 0.151 e. The van der Waals surface area contributed by atoms with Crippen molar-refractivity contribution in [3.63, 3.8) is 0 Å². The lowest BCUT2D eigenvalue weighted by Crippen LogP contribution is -2.26. The molecule has 0 saturated carbocycles. The third-order valence-corrected chi connectivity index (χ3v) is 4.29. The second kappa shape index (κ2) is 5.32. The number of nitrogens with zero attached hydrogens (tertiary/aromatic N) is 3. The lowest BCUT2D eigenvalue weighted by atomic mass is 9.82. The van der Waals surface area contributed by atoms with E-state index in [1.165, 1.54) is 32.4 Å². The van der Waals surface area contributed by atoms with Crippen molar-refractivity contribution < 1.29 is 0 Å². The van der Waals surface area contributed by atoms with Crippen molar-refractivity contribution in [2.75, 3.05) is 13.1 Å². The fourth-order valence-corrected chi connectivity index (χ4v) is 2.75. The van der Waals surface area contributed by atoms with Gasteiger partial charge in [-0.3, -0.25) is 4.90 Å². The average Bonchev–Trinajstić information content (AvgIpc) is 2.76. The average molecular weight is 254 g/mol. The van der Waals surface area contributed by atoms with Crippen LogP contribution in [0.25, 0.3) is 0 Å². The summed E-state index contributed by atoms with van der Waals surface area (Å²) in [7, 11) is 0. The summed E-state index contributed by atoms with van der Waals surface area (Å²) < 4.78 is 0. The molecule has 17 heavy (non-hydrogen) atoms. The van der Waals surface area contributed by atoms with E-state index in [0.717, 1.165) is 12.2 Å². The van der Waals surface area contributed by atoms with Crippen LogP contribution in [0, 0.1) is 5.41 Å². The molecule has 0 bridgehead atoms. The minimum Gasteiger partial charge on any atom is -0.297 e. The number of aromatic nitrogens is 2. The van der Waals surface area contributed by atoms with Crippen LogP contribution in [0.3, 0.4) is 0 Å². The summed E-state index contributed by atoms with van der Waals surface area (Å²) in [6.07, 6.45) is 3.85. The molecule has 94 valence electrons. The molecule has 4 heteroatoms. The van der Waals surface area contributed by atoms with Crippen LogP contribution < -0.4 is 0 Å². The molecule has 1 aromatic rings. The fraction of sp³-hybridized carbons (Fsp3) is 0.692. The largest absolute Gasteiger partial charge is 0.297 e. The topological polar surface area (TPSA) is 29.0 Å². The van der Waals surface area contributed by atoms with E-state index in [-0.39, 0.29) is 0 Å². The second-order valence-corrected chi connectivity index (χ2v) is 5.40. The Morgan fingerprint density at radius 2 is 2.06 bits per heavy atom. The maximum atomic E-state index is 5.73. The molecule has 1 saturated heterocycles. The first-order valence-corrected chi connectivity index (χ1v) is 6.76. The molecule has 0 N–H and O–H groups in total. The molecule has 0 unspecified atom stereocenters. The second-order valence-electron chi connectivity index (χ2n) is 5.02. The molecule has 0 spiro atoms. The highest BCUT2D eigenvalue weighted by atomic mass is 35.5. The van der Waals surface area contributed by atoms with E-state index >= 15 is 0 Å². The lowest BCUT2D eigenvalue weighted by molar-refractivity contribution is 0.234. The number of halogens is 1. The van der Waals surface area contributed by atoms with Gasteiger partial charge < -0.3 is 0 Å². The van der Waals surface area contributed by atoms with E-state index in [4.69, 9.17) is 11.6 Å². The molecule has 0 aromatic carbocycles. The zero-order valence-electron chi connectivity index (χ0n) is 10.6. The van der Waals surface area contributed by atoms with E-state index in [1.807, 2.05) is 12.1 Å². The first-order valence-electron chi connectivity index (χ1n) is 6.38. The third kappa shape index (κ3) is 2.96. The summed E-state index contributed by atoms with van der Waals surface area (Å²) in [6, 6.07) is 3.78. The van der Waals surface area contributed by atoms with Crippen molar-refractivity contribution in [2.45, 2.75) is 39.7 Å². The number of likely N-dealkylation sites (tertiary alicyclic amines) is 1. The molecule has 2 rings (SSSR count). The fourth-order valence-electron chi connectivity index (χ4n) is 2.65. The summed E-state index contributed by atoms with van der Waals surface area (Å²) in [5.74, 6) is 0. The summed E-state index contributed by atoms with van der Waals surface area (Å²) in [5, 5.41) is 8.47. The molecule has 1 aliphatic rings. The minimum absolute atomic E-state index is 0.464. The van der Waals surface area contributed by atoms with Gasteiger partial charge >= 0.3 is 0 Å². The monoisotopic (exact) mass is 253 g/mol. The van der Waals surface area contributed by atoms with Crippen LogP contribution in [0.2, 0.25) is 5.15 Å². The standard InChI is InChI=1S/C13H20ClN3/c1-3-13(4-2)7-8-17(10-13)9-11-5-6-12(14)16-15-11/h5-6H,3-4,7-10H2,1-2H3. The molecule has 0 aliphatic carbocycles. The molecule has 0 radical (unpaired) electrons. The van der Waals surface area contributed by atoms with Gasteiger partial charge in [-0.2, -0.15) is 5.10 Å². The van der Waals surface area contributed by atoms with E-state index in [0.29, 0.717) is 10.6 Å². The number of hydrogen-bond acceptors (Lipinski definition) is 3. The van der Waals surface area contributed by atoms with E-state index in [1.54, 1.807) is 0 Å². The van der Waals surface area contributed by atoms with Crippen LogP contribution >= 0.6 is 11.6 Å². The Morgan fingerprint density at radius 1 is 1.29 bits per heavy atom. The van der Waals surface area contributed by atoms with Crippen LogP contribution in [-0.2, 0) is 6.54 Å². The van der Waals surface area contributed by atoms with Gasteiger partial charge in [-0.15, -0.1) is 5.10 Å². The Bertz CT molecular complexity index is 359. The molecule has 0 atom stereocenters. The Morgan fingerprint density at radius 3 is 2.59 bits per heavy atom. The highest BCUT2D eigenvalue weighted by Gasteiger charge is 2.34. The maximum absolute atomic E-state index is 5.73. The van der Waals surface area contributed by atoms with Crippen molar-refractivity contribution in [3.8, 4) is 0 Å². The van der Waals surface area contributed by atoms with E-state index < -0.39 is 0 Å². The predicted molar refractivity (Wildman–Crippen MR) is 70.0 cm³/mol. The van der Waals surface area contributed by atoms with Gasteiger partial charge in [0.05, 0.1) is 5.69 Å². The van der Waals surface area contributed by atoms with Gasteiger partial charge in [-0.25, -0.2) is 0 Å². The predicted octanol–water partition coefficient (Wildman–Crippen LogP) is 3.14. The van der Waals surface area contributed by atoms with Crippen LogP contribution in [-0.4, -0.2) is 28.2 Å². The van der Waals surface area contributed by atoms with Crippen molar-refractivity contribution >= 4 is 11.6 Å². The van der Waals surface area contributed by atoms with Gasteiger partial charge in [-0.05, 0) is 43.4 Å². The van der Waals surface area contributed by atoms with Gasteiger partial charge in [0, 0.05) is 13.1 Å². The molecule has 3 nitrogen and oxygen atoms in total. The summed E-state index contributed by atoms with van der Waals surface area (Å²) in [4.78, 5) is 2.48. The van der Waals surface area contributed by atoms with Crippen LogP contribution in [0.4, 0.5) is 0 Å². The summed E-state index contributed by atoms with van der Waals surface area (Å²) >= 11 is 5.73. The van der Waals surface area contributed by atoms with Crippen LogP contribution in [0.5, 0.6) is 0 Å². The third-order valence-electron chi connectivity index (χ3n) is 4.09. The van der Waals surface area contributed by atoms with Gasteiger partial charge in [0.2, 0.25) is 0 Å². The summed E-state index contributed by atoms with van der Waals surface area (Å²) in [6.45, 7) is 7.85. The summed E-state index contributed by atoms with van der Waals surface area (Å²) in [5.41, 5.74) is 1.54. The molecular weight excluding hydrogens is 234 g/mol. The van der Waals surface area contributed by atoms with Gasteiger partial charge in [0.15, 0.2) is 5.15 Å². The van der Waals surface area contributed by atoms with Gasteiger partial charge in [0.25, 0.3) is 0 Å². The van der Waals surface area contributed by atoms with E-state index in [2.05, 4.69) is 28.9 Å². The molecule has 1 aromatic heterocycles. The van der Waals surface area contributed by atoms with Gasteiger partial charge in [0.1, 0.15) is 0 Å². The molecule has 0 amide bonds. The molecule has 1 fully saturated rings. The molecule has 2 heterocycles. The Balaban J connectivity index is 1.95. The Hall–Kier alpha value is -0.670. The molecule has 1 aliphatic heterocycles. The first kappa shape index (κ1) is 12.8. The SMILES string of the molecule is CCC1(CC)CCN(Cc2ccc(Cl)nn2)C1. The quantitative estimate of drug-likeness (QED) is 0.826. The minimum atomic E-state index is 0.464. The van der Waals surface area contributed by atoms with E-state index in [9.17, 15) is 0 Å². The normalized spacial score (nSPS) is 19.7. The smallest absolute Gasteiger partial charge is 0.151 e. The van der Waals surface area contributed by atoms with Crippen LogP contribution in [0.15, 0.2) is 12.1 Å². The van der Waals surface area contributed by atoms with Crippen molar-refractivity contribution in [1.29, 1.82) is 0 Å². The number of hydrogen-bond donors (Lipinski definition) is 0. The Labute approximate surface area is 108 Å². The van der Waals surface area contributed by atoms with Crippen molar-refractivity contribution in [2.24, 2.45) is 5.41 Å². The lowest BCUT2D eigenvalue weighted by Gasteiger charge is -2.26. The zero-order chi connectivity index (χ0) is 12.3. The van der Waals surface area contributed by atoms with Crippen LogP contribution in [0.1, 0.15) is 38.8 Å². The highest BCUT2D eigenvalue weighted by molar-refractivity contribution is 6.29. The highest BCUT2D eigenvalue weighted by Crippen LogP contribution is 2.37. The Kier molecular flexibility index (Phi) is 4.00. The first-order chi connectivity index (χ1) is 8.17. The van der Waals surface area contributed by atoms with Gasteiger partial charge in [-0.1, -0.05) is 25.4 Å².